The Bertz CT molecular complexity index is 518. The maximum Gasteiger partial charge on any atom is 0.270 e. The van der Waals surface area contributed by atoms with Gasteiger partial charge in [-0.1, -0.05) is 12.1 Å². The van der Waals surface area contributed by atoms with Crippen LogP contribution in [0.2, 0.25) is 0 Å². The van der Waals surface area contributed by atoms with Crippen LogP contribution in [0.25, 0.3) is 10.8 Å². The van der Waals surface area contributed by atoms with Crippen molar-refractivity contribution < 1.29 is 9.32 Å². The molecule has 0 saturated heterocycles. The first kappa shape index (κ1) is 11.8. The van der Waals surface area contributed by atoms with Crippen molar-refractivity contribution in [2.24, 2.45) is 0 Å². The number of amides is 1. The lowest BCUT2D eigenvalue weighted by Gasteiger charge is -2.02. The second kappa shape index (κ2) is 5.09. The summed E-state index contributed by atoms with van der Waals surface area (Å²) in [5, 5.41) is 8.47. The molecule has 0 aliphatic carbocycles. The van der Waals surface area contributed by atoms with E-state index < -0.39 is 0 Å². The minimum atomic E-state index is 0.00314. The third kappa shape index (κ3) is 2.71. The number of aryl methyl sites for hydroxylation is 1. The van der Waals surface area contributed by atoms with Gasteiger partial charge < -0.3 is 9.84 Å². The van der Waals surface area contributed by atoms with Crippen molar-refractivity contribution in [3.05, 3.63) is 17.3 Å². The van der Waals surface area contributed by atoms with Gasteiger partial charge in [-0.15, -0.1) is 11.3 Å². The van der Waals surface area contributed by atoms with Crippen LogP contribution in [0.4, 0.5) is 5.69 Å². The zero-order valence-electron chi connectivity index (χ0n) is 9.69. The minimum absolute atomic E-state index is 0.00314. The molecule has 2 aromatic heterocycles. The lowest BCUT2D eigenvalue weighted by Crippen LogP contribution is -2.10. The molecule has 0 unspecified atom stereocenters. The second-order valence-corrected chi connectivity index (χ2v) is 4.52. The predicted molar refractivity (Wildman–Crippen MR) is 65.9 cm³/mol. The van der Waals surface area contributed by atoms with E-state index >= 15 is 0 Å². The zero-order valence-corrected chi connectivity index (χ0v) is 10.5. The van der Waals surface area contributed by atoms with Crippen LogP contribution < -0.4 is 5.32 Å². The fourth-order valence-electron chi connectivity index (χ4n) is 1.40. The van der Waals surface area contributed by atoms with Crippen molar-refractivity contribution in [2.45, 2.75) is 26.7 Å². The third-order valence-electron chi connectivity index (χ3n) is 2.14. The quantitative estimate of drug-likeness (QED) is 0.907. The van der Waals surface area contributed by atoms with Crippen molar-refractivity contribution in [1.29, 1.82) is 0 Å². The van der Waals surface area contributed by atoms with E-state index in [1.54, 1.807) is 6.92 Å². The van der Waals surface area contributed by atoms with E-state index in [-0.39, 0.29) is 5.91 Å². The Morgan fingerprint density at radius 1 is 1.59 bits per heavy atom. The largest absolute Gasteiger partial charge is 0.333 e. The maximum atomic E-state index is 11.5. The first-order valence-corrected chi connectivity index (χ1v) is 6.26. The van der Waals surface area contributed by atoms with Crippen molar-refractivity contribution in [3.63, 3.8) is 0 Å². The summed E-state index contributed by atoms with van der Waals surface area (Å²) < 4.78 is 5.09. The highest BCUT2D eigenvalue weighted by Crippen LogP contribution is 2.32. The third-order valence-corrected chi connectivity index (χ3v) is 3.04. The van der Waals surface area contributed by atoms with E-state index in [0.29, 0.717) is 18.1 Å². The van der Waals surface area contributed by atoms with Crippen LogP contribution in [0.5, 0.6) is 0 Å². The highest BCUT2D eigenvalue weighted by Gasteiger charge is 2.14. The van der Waals surface area contributed by atoms with E-state index in [2.05, 4.69) is 15.5 Å². The molecule has 2 rings (SSSR count). The number of rotatable bonds is 4. The van der Waals surface area contributed by atoms with Crippen LogP contribution in [0.15, 0.2) is 16.0 Å². The van der Waals surface area contributed by atoms with Gasteiger partial charge in [0.05, 0.1) is 5.69 Å². The smallest absolute Gasteiger partial charge is 0.270 e. The standard InChI is InChI=1S/C11H13N3O2S/c1-3-4-9(15)13-8-5-6-17-10(8)11-12-7(2)14-16-11/h5-6H,3-4H2,1-2H3,(H,13,15). The number of thiophene rings is 1. The molecule has 2 aromatic rings. The van der Waals surface area contributed by atoms with Gasteiger partial charge in [0.2, 0.25) is 5.91 Å². The summed E-state index contributed by atoms with van der Waals surface area (Å²) in [6.45, 7) is 3.73. The number of hydrogen-bond acceptors (Lipinski definition) is 5. The van der Waals surface area contributed by atoms with Crippen molar-refractivity contribution >= 4 is 22.9 Å². The molecule has 1 amide bonds. The van der Waals surface area contributed by atoms with Gasteiger partial charge in [0.15, 0.2) is 5.82 Å². The summed E-state index contributed by atoms with van der Waals surface area (Å²) >= 11 is 1.47. The lowest BCUT2D eigenvalue weighted by atomic mass is 10.3. The van der Waals surface area contributed by atoms with Crippen LogP contribution in [0.1, 0.15) is 25.6 Å². The molecule has 0 spiro atoms. The molecule has 0 saturated carbocycles. The Morgan fingerprint density at radius 2 is 2.41 bits per heavy atom. The molecule has 5 nitrogen and oxygen atoms in total. The van der Waals surface area contributed by atoms with Crippen LogP contribution in [0.3, 0.4) is 0 Å². The van der Waals surface area contributed by atoms with Gasteiger partial charge in [0.25, 0.3) is 5.89 Å². The zero-order chi connectivity index (χ0) is 12.3. The first-order valence-electron chi connectivity index (χ1n) is 5.38. The lowest BCUT2D eigenvalue weighted by molar-refractivity contribution is -0.116. The van der Waals surface area contributed by atoms with Gasteiger partial charge in [-0.3, -0.25) is 4.79 Å². The second-order valence-electron chi connectivity index (χ2n) is 3.61. The molecular formula is C11H13N3O2S. The molecule has 90 valence electrons. The molecule has 0 bridgehead atoms. The number of nitrogens with zero attached hydrogens (tertiary/aromatic N) is 2. The van der Waals surface area contributed by atoms with Gasteiger partial charge in [0, 0.05) is 6.42 Å². The SMILES string of the molecule is CCCC(=O)Nc1ccsc1-c1nc(C)no1. The average molecular weight is 251 g/mol. The highest BCUT2D eigenvalue weighted by atomic mass is 32.1. The molecule has 0 atom stereocenters. The Hall–Kier alpha value is -1.69. The number of carbonyl (C=O) groups is 1. The topological polar surface area (TPSA) is 68.0 Å². The van der Waals surface area contributed by atoms with Crippen LogP contribution in [-0.2, 0) is 4.79 Å². The van der Waals surface area contributed by atoms with Crippen molar-refractivity contribution in [2.75, 3.05) is 5.32 Å². The van der Waals surface area contributed by atoms with E-state index in [1.807, 2.05) is 18.4 Å². The van der Waals surface area contributed by atoms with E-state index in [9.17, 15) is 4.79 Å². The monoisotopic (exact) mass is 251 g/mol. The van der Waals surface area contributed by atoms with Gasteiger partial charge in [-0.25, -0.2) is 0 Å². The van der Waals surface area contributed by atoms with E-state index in [0.717, 1.165) is 17.0 Å². The Kier molecular flexibility index (Phi) is 3.53. The molecule has 1 N–H and O–H groups in total. The maximum absolute atomic E-state index is 11.5. The predicted octanol–water partition coefficient (Wildman–Crippen LogP) is 2.85. The molecule has 0 fully saturated rings. The normalized spacial score (nSPS) is 10.5. The summed E-state index contributed by atoms with van der Waals surface area (Å²) in [7, 11) is 0. The molecular weight excluding hydrogens is 238 g/mol. The Labute approximate surface area is 103 Å². The number of carbonyl (C=O) groups excluding carboxylic acids is 1. The minimum Gasteiger partial charge on any atom is -0.333 e. The fourth-order valence-corrected chi connectivity index (χ4v) is 2.17. The first-order chi connectivity index (χ1) is 8.20. The number of nitrogens with one attached hydrogen (secondary N) is 1. The van der Waals surface area contributed by atoms with Crippen LogP contribution >= 0.6 is 11.3 Å². The highest BCUT2D eigenvalue weighted by molar-refractivity contribution is 7.14. The summed E-state index contributed by atoms with van der Waals surface area (Å²) in [6.07, 6.45) is 1.34. The Balaban J connectivity index is 2.20. The van der Waals surface area contributed by atoms with Gasteiger partial charge in [-0.2, -0.15) is 4.98 Å². The number of anilines is 1. The Morgan fingerprint density at radius 3 is 3.06 bits per heavy atom. The van der Waals surface area contributed by atoms with Gasteiger partial charge in [-0.05, 0) is 24.8 Å². The van der Waals surface area contributed by atoms with E-state index in [4.69, 9.17) is 4.52 Å². The molecule has 17 heavy (non-hydrogen) atoms. The fraction of sp³-hybridized carbons (Fsp3) is 0.364. The van der Waals surface area contributed by atoms with Crippen molar-refractivity contribution in [3.8, 4) is 10.8 Å². The summed E-state index contributed by atoms with van der Waals surface area (Å²) in [5.74, 6) is 1.03. The number of aromatic nitrogens is 2. The molecule has 0 aliphatic heterocycles. The van der Waals surface area contributed by atoms with Gasteiger partial charge >= 0.3 is 0 Å². The summed E-state index contributed by atoms with van der Waals surface area (Å²) in [4.78, 5) is 16.5. The van der Waals surface area contributed by atoms with Crippen LogP contribution in [-0.4, -0.2) is 16.0 Å². The number of hydrogen-bond donors (Lipinski definition) is 1. The van der Waals surface area contributed by atoms with Crippen LogP contribution in [0, 0.1) is 6.92 Å². The molecule has 0 aliphatic rings. The van der Waals surface area contributed by atoms with E-state index in [1.165, 1.54) is 11.3 Å². The van der Waals surface area contributed by atoms with Crippen molar-refractivity contribution in [1.82, 2.24) is 10.1 Å². The van der Waals surface area contributed by atoms with Gasteiger partial charge in [0.1, 0.15) is 4.88 Å². The average Bonchev–Trinajstić information content (AvgIpc) is 2.87. The summed E-state index contributed by atoms with van der Waals surface area (Å²) in [6, 6.07) is 1.84. The molecule has 2 heterocycles. The summed E-state index contributed by atoms with van der Waals surface area (Å²) in [5.41, 5.74) is 0.733. The molecule has 0 radical (unpaired) electrons. The molecule has 6 heteroatoms. The molecule has 0 aromatic carbocycles.